The van der Waals surface area contributed by atoms with Crippen LogP contribution < -0.4 is 5.32 Å². The SMILES string of the molecule is CCC(CC)(CC(=O)Nc1cc(C)c(Br)c(C)c1)C(=O)O. The van der Waals surface area contributed by atoms with Crippen LogP contribution in [0.2, 0.25) is 0 Å². The summed E-state index contributed by atoms with van der Waals surface area (Å²) in [7, 11) is 0. The van der Waals surface area contributed by atoms with Crippen molar-refractivity contribution >= 4 is 33.5 Å². The first kappa shape index (κ1) is 17.7. The van der Waals surface area contributed by atoms with E-state index in [0.717, 1.165) is 15.6 Å². The first-order chi connectivity index (χ1) is 9.75. The highest BCUT2D eigenvalue weighted by Gasteiger charge is 2.37. The molecule has 0 atom stereocenters. The molecule has 4 nitrogen and oxygen atoms in total. The molecule has 0 spiro atoms. The van der Waals surface area contributed by atoms with Crippen molar-refractivity contribution in [1.29, 1.82) is 0 Å². The van der Waals surface area contributed by atoms with Crippen LogP contribution in [0.5, 0.6) is 0 Å². The van der Waals surface area contributed by atoms with Gasteiger partial charge in [0.1, 0.15) is 0 Å². The minimum absolute atomic E-state index is 0.0104. The maximum absolute atomic E-state index is 12.2. The smallest absolute Gasteiger partial charge is 0.310 e. The van der Waals surface area contributed by atoms with Crippen molar-refractivity contribution in [2.45, 2.75) is 47.0 Å². The highest BCUT2D eigenvalue weighted by atomic mass is 79.9. The van der Waals surface area contributed by atoms with E-state index < -0.39 is 11.4 Å². The number of carbonyl (C=O) groups excluding carboxylic acids is 1. The van der Waals surface area contributed by atoms with Crippen molar-refractivity contribution in [2.24, 2.45) is 5.41 Å². The van der Waals surface area contributed by atoms with Gasteiger partial charge in [0.2, 0.25) is 5.91 Å². The lowest BCUT2D eigenvalue weighted by atomic mass is 9.79. The summed E-state index contributed by atoms with van der Waals surface area (Å²) in [6, 6.07) is 3.74. The first-order valence-electron chi connectivity index (χ1n) is 7.05. The third-order valence-electron chi connectivity index (χ3n) is 4.03. The van der Waals surface area contributed by atoms with Gasteiger partial charge in [0.05, 0.1) is 5.41 Å². The van der Waals surface area contributed by atoms with Gasteiger partial charge in [-0.1, -0.05) is 29.8 Å². The quantitative estimate of drug-likeness (QED) is 0.799. The van der Waals surface area contributed by atoms with Gasteiger partial charge >= 0.3 is 5.97 Å². The lowest BCUT2D eigenvalue weighted by Gasteiger charge is -2.25. The van der Waals surface area contributed by atoms with E-state index in [9.17, 15) is 14.7 Å². The Bertz CT molecular complexity index is 527. The maximum Gasteiger partial charge on any atom is 0.310 e. The number of aliphatic carboxylic acids is 1. The molecule has 0 aliphatic heterocycles. The Labute approximate surface area is 134 Å². The summed E-state index contributed by atoms with van der Waals surface area (Å²) in [6.45, 7) is 7.51. The molecule has 1 rings (SSSR count). The van der Waals surface area contributed by atoms with E-state index in [1.807, 2.05) is 26.0 Å². The van der Waals surface area contributed by atoms with Crippen LogP contribution in [0.15, 0.2) is 16.6 Å². The Morgan fingerprint density at radius 2 is 1.67 bits per heavy atom. The predicted octanol–water partition coefficient (Wildman–Crippen LogP) is 4.29. The normalized spacial score (nSPS) is 11.3. The second kappa shape index (κ2) is 7.07. The molecule has 0 fully saturated rings. The summed E-state index contributed by atoms with van der Waals surface area (Å²) in [5.74, 6) is -1.17. The summed E-state index contributed by atoms with van der Waals surface area (Å²) in [5.41, 5.74) is 1.77. The molecule has 0 bridgehead atoms. The number of benzene rings is 1. The summed E-state index contributed by atoms with van der Waals surface area (Å²) in [5, 5.41) is 12.2. The van der Waals surface area contributed by atoms with Gasteiger partial charge < -0.3 is 10.4 Å². The van der Waals surface area contributed by atoms with Gasteiger partial charge in [0.15, 0.2) is 0 Å². The maximum atomic E-state index is 12.2. The number of amides is 1. The fourth-order valence-corrected chi connectivity index (χ4v) is 2.64. The van der Waals surface area contributed by atoms with Gasteiger partial charge in [0.25, 0.3) is 0 Å². The van der Waals surface area contributed by atoms with Crippen molar-refractivity contribution in [2.75, 3.05) is 5.32 Å². The lowest BCUT2D eigenvalue weighted by Crippen LogP contribution is -2.34. The molecule has 0 unspecified atom stereocenters. The van der Waals surface area contributed by atoms with Crippen LogP contribution in [0.3, 0.4) is 0 Å². The van der Waals surface area contributed by atoms with Gasteiger partial charge in [-0.25, -0.2) is 0 Å². The monoisotopic (exact) mass is 355 g/mol. The second-order valence-corrected chi connectivity index (χ2v) is 6.23. The largest absolute Gasteiger partial charge is 0.481 e. The summed E-state index contributed by atoms with van der Waals surface area (Å²) < 4.78 is 1.02. The molecule has 0 saturated carbocycles. The van der Waals surface area contributed by atoms with Gasteiger partial charge in [0, 0.05) is 16.6 Å². The Balaban J connectivity index is 2.89. The molecule has 5 heteroatoms. The van der Waals surface area contributed by atoms with E-state index in [0.29, 0.717) is 18.5 Å². The van der Waals surface area contributed by atoms with E-state index in [1.54, 1.807) is 13.8 Å². The van der Waals surface area contributed by atoms with Crippen LogP contribution in [0.25, 0.3) is 0 Å². The number of halogens is 1. The molecule has 0 aliphatic rings. The number of anilines is 1. The Morgan fingerprint density at radius 3 is 2.05 bits per heavy atom. The predicted molar refractivity (Wildman–Crippen MR) is 87.5 cm³/mol. The zero-order valence-corrected chi connectivity index (χ0v) is 14.5. The van der Waals surface area contributed by atoms with E-state index in [4.69, 9.17) is 0 Å². The van der Waals surface area contributed by atoms with Gasteiger partial charge in [-0.2, -0.15) is 0 Å². The van der Waals surface area contributed by atoms with Crippen molar-refractivity contribution in [1.82, 2.24) is 0 Å². The highest BCUT2D eigenvalue weighted by Crippen LogP contribution is 2.32. The van der Waals surface area contributed by atoms with Crippen molar-refractivity contribution in [3.05, 3.63) is 27.7 Å². The molecule has 21 heavy (non-hydrogen) atoms. The Kier molecular flexibility index (Phi) is 5.96. The number of carbonyl (C=O) groups is 2. The van der Waals surface area contributed by atoms with Gasteiger partial charge in [-0.3, -0.25) is 9.59 Å². The third-order valence-corrected chi connectivity index (χ3v) is 5.28. The van der Waals surface area contributed by atoms with Crippen LogP contribution in [-0.2, 0) is 9.59 Å². The molecule has 0 aliphatic carbocycles. The molecule has 1 amide bonds. The second-order valence-electron chi connectivity index (χ2n) is 5.44. The molecule has 1 aromatic carbocycles. The Hall–Kier alpha value is -1.36. The number of carboxylic acid groups (broad SMARTS) is 1. The third kappa shape index (κ3) is 4.06. The van der Waals surface area contributed by atoms with Crippen LogP contribution in [0, 0.1) is 19.3 Å². The topological polar surface area (TPSA) is 66.4 Å². The molecule has 1 aromatic rings. The van der Waals surface area contributed by atoms with Crippen LogP contribution in [-0.4, -0.2) is 17.0 Å². The molecule has 116 valence electrons. The van der Waals surface area contributed by atoms with Crippen molar-refractivity contribution < 1.29 is 14.7 Å². The molecular formula is C16H22BrNO3. The van der Waals surface area contributed by atoms with Crippen LogP contribution in [0.1, 0.15) is 44.2 Å². The zero-order chi connectivity index (χ0) is 16.2. The van der Waals surface area contributed by atoms with Crippen molar-refractivity contribution in [3.8, 4) is 0 Å². The Morgan fingerprint density at radius 1 is 1.19 bits per heavy atom. The number of nitrogens with one attached hydrogen (secondary N) is 1. The summed E-state index contributed by atoms with van der Waals surface area (Å²) in [6.07, 6.45) is 0.860. The lowest BCUT2D eigenvalue weighted by molar-refractivity contribution is -0.151. The fourth-order valence-electron chi connectivity index (χ4n) is 2.41. The van der Waals surface area contributed by atoms with Crippen LogP contribution in [0.4, 0.5) is 5.69 Å². The zero-order valence-electron chi connectivity index (χ0n) is 12.9. The molecule has 0 radical (unpaired) electrons. The molecule has 0 heterocycles. The number of hydrogen-bond donors (Lipinski definition) is 2. The average molecular weight is 356 g/mol. The average Bonchev–Trinajstić information content (AvgIpc) is 2.41. The number of hydrogen-bond acceptors (Lipinski definition) is 2. The fraction of sp³-hybridized carbons (Fsp3) is 0.500. The summed E-state index contributed by atoms with van der Waals surface area (Å²) in [4.78, 5) is 23.6. The van der Waals surface area contributed by atoms with E-state index in [-0.39, 0.29) is 12.3 Å². The van der Waals surface area contributed by atoms with E-state index >= 15 is 0 Å². The number of carboxylic acids is 1. The number of rotatable bonds is 6. The number of aryl methyl sites for hydroxylation is 2. The molecule has 2 N–H and O–H groups in total. The van der Waals surface area contributed by atoms with E-state index in [2.05, 4.69) is 21.2 Å². The van der Waals surface area contributed by atoms with Crippen LogP contribution >= 0.6 is 15.9 Å². The van der Waals surface area contributed by atoms with Gasteiger partial charge in [-0.05, 0) is 49.9 Å². The highest BCUT2D eigenvalue weighted by molar-refractivity contribution is 9.10. The van der Waals surface area contributed by atoms with E-state index in [1.165, 1.54) is 0 Å². The molecule has 0 saturated heterocycles. The van der Waals surface area contributed by atoms with Gasteiger partial charge in [-0.15, -0.1) is 0 Å². The standard InChI is InChI=1S/C16H22BrNO3/c1-5-16(6-2,15(20)21)9-13(19)18-12-7-10(3)14(17)11(4)8-12/h7-8H,5-6,9H2,1-4H3,(H,18,19)(H,20,21). The molecule has 0 aromatic heterocycles. The first-order valence-corrected chi connectivity index (χ1v) is 7.85. The summed E-state index contributed by atoms with van der Waals surface area (Å²) >= 11 is 3.48. The van der Waals surface area contributed by atoms with Crippen molar-refractivity contribution in [3.63, 3.8) is 0 Å². The molecular weight excluding hydrogens is 334 g/mol. The minimum atomic E-state index is -0.983. The minimum Gasteiger partial charge on any atom is -0.481 e.